The molecule has 0 spiro atoms. The molecular formula is C29H29ClN4O2S. The molecule has 0 aliphatic carbocycles. The lowest BCUT2D eigenvalue weighted by molar-refractivity contribution is 0.194. The van der Waals surface area contributed by atoms with Crippen molar-refractivity contribution in [2.24, 2.45) is 0 Å². The second-order valence-electron chi connectivity index (χ2n) is 9.78. The Morgan fingerprint density at radius 2 is 1.92 bits per heavy atom. The predicted octanol–water partition coefficient (Wildman–Crippen LogP) is 6.63. The number of urea groups is 1. The van der Waals surface area contributed by atoms with Crippen LogP contribution in [0.2, 0.25) is 5.02 Å². The number of methoxy groups -OCH3 is 1. The van der Waals surface area contributed by atoms with Gasteiger partial charge in [0.15, 0.2) is 0 Å². The molecule has 1 N–H and O–H groups in total. The van der Waals surface area contributed by atoms with Crippen molar-refractivity contribution in [2.45, 2.75) is 32.5 Å². The number of nitrogens with one attached hydrogen (secondary N) is 1. The van der Waals surface area contributed by atoms with Crippen molar-refractivity contribution >= 4 is 34.7 Å². The maximum absolute atomic E-state index is 14.0. The van der Waals surface area contributed by atoms with Gasteiger partial charge >= 0.3 is 6.03 Å². The first kappa shape index (κ1) is 24.1. The normalized spacial score (nSPS) is 17.0. The van der Waals surface area contributed by atoms with Crippen molar-refractivity contribution in [1.29, 1.82) is 0 Å². The molecule has 0 radical (unpaired) electrons. The second kappa shape index (κ2) is 9.56. The average molecular weight is 533 g/mol. The van der Waals surface area contributed by atoms with Crippen LogP contribution < -0.4 is 10.1 Å². The van der Waals surface area contributed by atoms with Crippen LogP contribution in [0.4, 0.5) is 10.5 Å². The lowest BCUT2D eigenvalue weighted by Gasteiger charge is -2.32. The molecule has 0 saturated heterocycles. The van der Waals surface area contributed by atoms with E-state index in [0.29, 0.717) is 17.3 Å². The van der Waals surface area contributed by atoms with E-state index in [1.807, 2.05) is 65.6 Å². The Balaban J connectivity index is 1.48. The lowest BCUT2D eigenvalue weighted by atomic mass is 10.00. The summed E-state index contributed by atoms with van der Waals surface area (Å²) in [6.07, 6.45) is 3.11. The Bertz CT molecular complexity index is 1480. The summed E-state index contributed by atoms with van der Waals surface area (Å²) in [5.74, 6) is 0.787. The van der Waals surface area contributed by atoms with Gasteiger partial charge in [-0.15, -0.1) is 11.3 Å². The molecular weight excluding hydrogens is 504 g/mol. The van der Waals surface area contributed by atoms with Crippen molar-refractivity contribution < 1.29 is 9.53 Å². The SMILES string of the molecule is COc1ccc(C2c3cccn3-c3sc4c(c3CN2C(=O)Nc2ccc(C)c(Cl)c2)CCN(C)C4)cc1. The molecule has 1 unspecified atom stereocenters. The summed E-state index contributed by atoms with van der Waals surface area (Å²) in [6, 6.07) is 17.4. The third-order valence-corrected chi connectivity index (χ3v) is 9.04. The molecule has 2 aliphatic heterocycles. The number of halogens is 1. The standard InChI is InChI=1S/C29H29ClN4O2S/c1-18-6-9-20(15-24(18)30)31-29(35)34-16-23-22-12-14-32(2)17-26(22)37-28(23)33-13-4-5-25(33)27(34)19-7-10-21(36-3)11-8-19/h4-11,13,15,27H,12,14,16-17H2,1-3H3,(H,31,35). The van der Waals surface area contributed by atoms with Gasteiger partial charge in [0.1, 0.15) is 10.8 Å². The van der Waals surface area contributed by atoms with E-state index in [0.717, 1.165) is 42.1 Å². The van der Waals surface area contributed by atoms with Gasteiger partial charge in [-0.2, -0.15) is 0 Å². The van der Waals surface area contributed by atoms with Crippen LogP contribution in [0.3, 0.4) is 0 Å². The largest absolute Gasteiger partial charge is 0.497 e. The Morgan fingerprint density at radius 1 is 1.11 bits per heavy atom. The topological polar surface area (TPSA) is 49.7 Å². The molecule has 37 heavy (non-hydrogen) atoms. The Morgan fingerprint density at radius 3 is 2.68 bits per heavy atom. The van der Waals surface area contributed by atoms with Gasteiger partial charge in [0.25, 0.3) is 0 Å². The third-order valence-electron chi connectivity index (χ3n) is 7.37. The van der Waals surface area contributed by atoms with Gasteiger partial charge in [0.05, 0.1) is 25.4 Å². The fourth-order valence-corrected chi connectivity index (χ4v) is 6.98. The van der Waals surface area contributed by atoms with Gasteiger partial charge in [-0.3, -0.25) is 0 Å². The zero-order valence-electron chi connectivity index (χ0n) is 21.1. The summed E-state index contributed by atoms with van der Waals surface area (Å²) in [7, 11) is 3.83. The van der Waals surface area contributed by atoms with Gasteiger partial charge in [-0.25, -0.2) is 4.79 Å². The predicted molar refractivity (Wildman–Crippen MR) is 149 cm³/mol. The maximum Gasteiger partial charge on any atom is 0.322 e. The summed E-state index contributed by atoms with van der Waals surface area (Å²) in [4.78, 5) is 19.8. The maximum atomic E-state index is 14.0. The number of aromatic nitrogens is 1. The minimum Gasteiger partial charge on any atom is -0.497 e. The molecule has 0 bridgehead atoms. The van der Waals surface area contributed by atoms with Crippen LogP contribution in [0.25, 0.3) is 5.00 Å². The van der Waals surface area contributed by atoms with E-state index >= 15 is 0 Å². The molecule has 2 aromatic heterocycles. The fraction of sp³-hybridized carbons (Fsp3) is 0.276. The number of hydrogen-bond acceptors (Lipinski definition) is 4. The first-order chi connectivity index (χ1) is 17.9. The molecule has 6 nitrogen and oxygen atoms in total. The van der Waals surface area contributed by atoms with Gasteiger partial charge in [0, 0.05) is 40.4 Å². The van der Waals surface area contributed by atoms with Crippen molar-refractivity contribution in [1.82, 2.24) is 14.4 Å². The Kier molecular flexibility index (Phi) is 6.23. The number of aryl methyl sites for hydroxylation is 1. The number of ether oxygens (including phenoxy) is 1. The number of carbonyl (C=O) groups is 1. The molecule has 1 atom stereocenters. The Labute approximate surface area is 226 Å². The number of nitrogens with zero attached hydrogens (tertiary/aromatic N) is 3. The van der Waals surface area contributed by atoms with Crippen LogP contribution >= 0.6 is 22.9 Å². The number of rotatable bonds is 3. The summed E-state index contributed by atoms with van der Waals surface area (Å²) < 4.78 is 7.69. The molecule has 0 fully saturated rings. The summed E-state index contributed by atoms with van der Waals surface area (Å²) >= 11 is 8.23. The molecule has 190 valence electrons. The average Bonchev–Trinajstić information content (AvgIpc) is 3.47. The molecule has 2 aliphatic rings. The zero-order chi connectivity index (χ0) is 25.7. The minimum atomic E-state index is -0.275. The smallest absolute Gasteiger partial charge is 0.322 e. The monoisotopic (exact) mass is 532 g/mol. The van der Waals surface area contributed by atoms with E-state index in [4.69, 9.17) is 16.3 Å². The van der Waals surface area contributed by atoms with E-state index in [-0.39, 0.29) is 12.1 Å². The second-order valence-corrected chi connectivity index (χ2v) is 11.3. The van der Waals surface area contributed by atoms with E-state index in [1.165, 1.54) is 21.0 Å². The number of anilines is 1. The zero-order valence-corrected chi connectivity index (χ0v) is 22.7. The first-order valence-electron chi connectivity index (χ1n) is 12.4. The minimum absolute atomic E-state index is 0.158. The third kappa shape index (κ3) is 4.31. The van der Waals surface area contributed by atoms with Gasteiger partial charge in [-0.1, -0.05) is 29.8 Å². The quantitative estimate of drug-likeness (QED) is 0.322. The fourth-order valence-electron chi connectivity index (χ4n) is 5.35. The van der Waals surface area contributed by atoms with E-state index in [2.05, 4.69) is 40.2 Å². The van der Waals surface area contributed by atoms with Crippen LogP contribution in [0, 0.1) is 6.92 Å². The van der Waals surface area contributed by atoms with Crippen molar-refractivity contribution in [3.63, 3.8) is 0 Å². The van der Waals surface area contributed by atoms with Crippen molar-refractivity contribution in [2.75, 3.05) is 26.0 Å². The van der Waals surface area contributed by atoms with Crippen molar-refractivity contribution in [3.8, 4) is 10.8 Å². The van der Waals surface area contributed by atoms with E-state index in [1.54, 1.807) is 7.11 Å². The number of amides is 2. The van der Waals surface area contributed by atoms with E-state index in [9.17, 15) is 4.79 Å². The van der Waals surface area contributed by atoms with Crippen LogP contribution in [0.15, 0.2) is 60.8 Å². The highest BCUT2D eigenvalue weighted by molar-refractivity contribution is 7.15. The van der Waals surface area contributed by atoms with Crippen LogP contribution in [0.5, 0.6) is 5.75 Å². The summed E-state index contributed by atoms with van der Waals surface area (Å²) in [5, 5.41) is 4.97. The summed E-state index contributed by atoms with van der Waals surface area (Å²) in [6.45, 7) is 4.44. The molecule has 2 amide bonds. The highest BCUT2D eigenvalue weighted by atomic mass is 35.5. The first-order valence-corrected chi connectivity index (χ1v) is 13.6. The molecule has 8 heteroatoms. The molecule has 6 rings (SSSR count). The molecule has 0 saturated carbocycles. The lowest BCUT2D eigenvalue weighted by Crippen LogP contribution is -2.38. The van der Waals surface area contributed by atoms with Gasteiger partial charge < -0.3 is 24.4 Å². The molecule has 2 aromatic carbocycles. The number of carbonyl (C=O) groups excluding carboxylic acids is 1. The van der Waals surface area contributed by atoms with Gasteiger partial charge in [-0.05, 0) is 73.5 Å². The highest BCUT2D eigenvalue weighted by Crippen LogP contribution is 2.43. The number of thiophene rings is 1. The highest BCUT2D eigenvalue weighted by Gasteiger charge is 2.36. The molecule has 4 heterocycles. The van der Waals surface area contributed by atoms with Crippen LogP contribution in [0.1, 0.15) is 38.9 Å². The number of benzene rings is 2. The number of fused-ring (bicyclic) bond motifs is 5. The molecule has 4 aromatic rings. The van der Waals surface area contributed by atoms with E-state index < -0.39 is 0 Å². The van der Waals surface area contributed by atoms with Gasteiger partial charge in [0.2, 0.25) is 0 Å². The number of likely N-dealkylation sites (N-methyl/N-ethyl adjacent to an activating group) is 1. The summed E-state index contributed by atoms with van der Waals surface area (Å²) in [5.41, 5.74) is 6.39. The van der Waals surface area contributed by atoms with Crippen LogP contribution in [-0.4, -0.2) is 41.1 Å². The van der Waals surface area contributed by atoms with Crippen molar-refractivity contribution in [3.05, 3.63) is 98.6 Å². The Hall–Kier alpha value is -3.26. The van der Waals surface area contributed by atoms with Crippen LogP contribution in [-0.2, 0) is 19.5 Å². The number of hydrogen-bond donors (Lipinski definition) is 1.